The second kappa shape index (κ2) is 2.83. The zero-order valence-corrected chi connectivity index (χ0v) is 4.68. The molecule has 0 unspecified atom stereocenters. The van der Waals surface area contributed by atoms with Gasteiger partial charge in [0.1, 0.15) is 0 Å². The number of nitrogens with one attached hydrogen (secondary N) is 2. The Morgan fingerprint density at radius 1 is 1.33 bits per heavy atom. The van der Waals surface area contributed by atoms with Crippen LogP contribution in [-0.4, -0.2) is 9.97 Å². The van der Waals surface area contributed by atoms with Gasteiger partial charge in [-0.2, -0.15) is 0 Å². The van der Waals surface area contributed by atoms with Gasteiger partial charge in [-0.25, -0.2) is 4.79 Å². The molecule has 0 aliphatic rings. The van der Waals surface area contributed by atoms with Crippen LogP contribution in [0.25, 0.3) is 0 Å². The quantitative estimate of drug-likeness (QED) is 0.428. The van der Waals surface area contributed by atoms with Crippen molar-refractivity contribution in [2.75, 3.05) is 0 Å². The van der Waals surface area contributed by atoms with Crippen molar-refractivity contribution < 1.29 is 0 Å². The highest BCUT2D eigenvalue weighted by Crippen LogP contribution is 1.51. The van der Waals surface area contributed by atoms with Crippen LogP contribution in [0, 0.1) is 0 Å². The molecule has 0 spiro atoms. The molecule has 0 saturated heterocycles. The fourth-order valence-corrected chi connectivity index (χ4v) is 0.383. The van der Waals surface area contributed by atoms with E-state index in [1.807, 2.05) is 4.98 Å². The molecule has 0 fully saturated rings. The van der Waals surface area contributed by atoms with Gasteiger partial charge in [0, 0.05) is 12.3 Å². The van der Waals surface area contributed by atoms with Gasteiger partial charge in [-0.1, -0.05) is 0 Å². The predicted octanol–water partition coefficient (Wildman–Crippen LogP) is -0.775. The summed E-state index contributed by atoms with van der Waals surface area (Å²) in [7, 11) is 0. The van der Waals surface area contributed by atoms with Crippen LogP contribution in [0.15, 0.2) is 21.9 Å². The summed E-state index contributed by atoms with van der Waals surface area (Å²) in [5.74, 6) is 0. The third-order valence-corrected chi connectivity index (χ3v) is 0.686. The van der Waals surface area contributed by atoms with E-state index in [1.165, 1.54) is 12.3 Å². The predicted molar refractivity (Wildman–Crippen MR) is 32.7 cm³/mol. The summed E-state index contributed by atoms with van der Waals surface area (Å²) in [4.78, 5) is 24.7. The monoisotopic (exact) mass is 129 g/mol. The highest BCUT2D eigenvalue weighted by Gasteiger charge is 1.77. The Hall–Kier alpha value is -1.36. The molecule has 0 aliphatic heterocycles. The molecule has 1 aromatic rings. The zero-order valence-electron chi connectivity index (χ0n) is 4.68. The Labute approximate surface area is 50.3 Å². The highest BCUT2D eigenvalue weighted by molar-refractivity contribution is 4.77. The molecule has 5 nitrogen and oxygen atoms in total. The van der Waals surface area contributed by atoms with Crippen molar-refractivity contribution in [2.24, 2.45) is 0 Å². The van der Waals surface area contributed by atoms with Crippen molar-refractivity contribution in [2.45, 2.75) is 0 Å². The van der Waals surface area contributed by atoms with E-state index in [-0.39, 0.29) is 11.7 Å². The minimum absolute atomic E-state index is 0. The number of aromatic amines is 2. The van der Waals surface area contributed by atoms with Crippen molar-refractivity contribution in [1.29, 1.82) is 0 Å². The molecule has 1 heterocycles. The van der Waals surface area contributed by atoms with Crippen molar-refractivity contribution in [3.63, 3.8) is 0 Å². The minimum Gasteiger partial charge on any atom is -0.344 e. The second-order valence-corrected chi connectivity index (χ2v) is 1.30. The summed E-state index contributed by atoms with van der Waals surface area (Å²) in [5, 5.41) is 0. The largest absolute Gasteiger partial charge is 0.344 e. The first kappa shape index (κ1) is 7.64. The van der Waals surface area contributed by atoms with Gasteiger partial charge in [0.2, 0.25) is 0 Å². The van der Waals surface area contributed by atoms with Crippen LogP contribution in [0.5, 0.6) is 0 Å². The topological polar surface area (TPSA) is 101 Å². The normalized spacial score (nSPS) is 8.00. The average Bonchev–Trinajstić information content (AvgIpc) is 1.64. The summed E-state index contributed by atoms with van der Waals surface area (Å²) >= 11 is 0. The van der Waals surface area contributed by atoms with Gasteiger partial charge in [0.25, 0.3) is 5.56 Å². The van der Waals surface area contributed by atoms with Crippen LogP contribution < -0.4 is 17.4 Å². The van der Waals surface area contributed by atoms with E-state index in [4.69, 9.17) is 0 Å². The summed E-state index contributed by atoms with van der Waals surface area (Å²) in [6.45, 7) is 0. The molecule has 0 atom stereocenters. The van der Waals surface area contributed by atoms with Crippen LogP contribution in [0.1, 0.15) is 0 Å². The van der Waals surface area contributed by atoms with E-state index in [0.717, 1.165) is 0 Å². The summed E-state index contributed by atoms with van der Waals surface area (Å²) in [6, 6.07) is 1.24. The lowest BCUT2D eigenvalue weighted by molar-refractivity contribution is 1.04. The standard InChI is InChI=1S/C4H4N2O2.H3N/c7-3-1-2-5-4(8)6-3;/h1-2H,(H2,5,6,7,8);1H3. The lowest BCUT2D eigenvalue weighted by Gasteiger charge is -1.75. The third kappa shape index (κ3) is 1.92. The van der Waals surface area contributed by atoms with Gasteiger partial charge >= 0.3 is 5.69 Å². The third-order valence-electron chi connectivity index (χ3n) is 0.686. The lowest BCUT2D eigenvalue weighted by Crippen LogP contribution is -2.19. The zero-order chi connectivity index (χ0) is 5.98. The van der Waals surface area contributed by atoms with Crippen LogP contribution in [-0.2, 0) is 0 Å². The maximum absolute atomic E-state index is 10.2. The van der Waals surface area contributed by atoms with Crippen molar-refractivity contribution in [1.82, 2.24) is 16.1 Å². The molecule has 9 heavy (non-hydrogen) atoms. The number of hydrogen-bond acceptors (Lipinski definition) is 3. The maximum atomic E-state index is 10.2. The molecule has 0 bridgehead atoms. The molecule has 5 heteroatoms. The summed E-state index contributed by atoms with van der Waals surface area (Å²) < 4.78 is 0. The number of H-pyrrole nitrogens is 2. The summed E-state index contributed by atoms with van der Waals surface area (Å²) in [6.07, 6.45) is 1.29. The van der Waals surface area contributed by atoms with Gasteiger partial charge in [0.05, 0.1) is 0 Å². The van der Waals surface area contributed by atoms with Gasteiger partial charge in [-0.15, -0.1) is 0 Å². The smallest absolute Gasteiger partial charge is 0.325 e. The Balaban J connectivity index is 0.000000640. The van der Waals surface area contributed by atoms with Crippen molar-refractivity contribution in [3.05, 3.63) is 33.1 Å². The Bertz CT molecular complexity index is 248. The molecule has 0 aromatic carbocycles. The molecule has 0 saturated carbocycles. The van der Waals surface area contributed by atoms with E-state index in [2.05, 4.69) is 4.98 Å². The lowest BCUT2D eigenvalue weighted by atomic mass is 10.7. The van der Waals surface area contributed by atoms with E-state index in [9.17, 15) is 9.59 Å². The molecule has 0 radical (unpaired) electrons. The molecule has 5 N–H and O–H groups in total. The van der Waals surface area contributed by atoms with Gasteiger partial charge in [-0.3, -0.25) is 9.78 Å². The summed E-state index contributed by atoms with van der Waals surface area (Å²) in [5.41, 5.74) is -0.855. The van der Waals surface area contributed by atoms with E-state index >= 15 is 0 Å². The van der Waals surface area contributed by atoms with Crippen molar-refractivity contribution >= 4 is 0 Å². The van der Waals surface area contributed by atoms with E-state index in [1.54, 1.807) is 0 Å². The fraction of sp³-hybridized carbons (Fsp3) is 0. The molecule has 50 valence electrons. The van der Waals surface area contributed by atoms with Crippen LogP contribution in [0.2, 0.25) is 0 Å². The van der Waals surface area contributed by atoms with Gasteiger partial charge < -0.3 is 11.1 Å². The Morgan fingerprint density at radius 3 is 2.33 bits per heavy atom. The number of rotatable bonds is 0. The second-order valence-electron chi connectivity index (χ2n) is 1.30. The van der Waals surface area contributed by atoms with E-state index in [0.29, 0.717) is 0 Å². The first-order valence-electron chi connectivity index (χ1n) is 2.07. The SMILES string of the molecule is N.O=c1cc[nH]c(=O)[nH]1. The molecule has 0 amide bonds. The average molecular weight is 129 g/mol. The van der Waals surface area contributed by atoms with E-state index < -0.39 is 5.69 Å². The van der Waals surface area contributed by atoms with Crippen molar-refractivity contribution in [3.8, 4) is 0 Å². The molecular formula is C4H7N3O2. The minimum atomic E-state index is -0.475. The van der Waals surface area contributed by atoms with Gasteiger partial charge in [-0.05, 0) is 0 Å². The Morgan fingerprint density at radius 2 is 2.00 bits per heavy atom. The first-order valence-corrected chi connectivity index (χ1v) is 2.07. The number of aromatic nitrogens is 2. The molecule has 1 rings (SSSR count). The first-order chi connectivity index (χ1) is 3.79. The fourth-order valence-electron chi connectivity index (χ4n) is 0.383. The maximum Gasteiger partial charge on any atom is 0.325 e. The van der Waals surface area contributed by atoms with Gasteiger partial charge in [0.15, 0.2) is 0 Å². The highest BCUT2D eigenvalue weighted by atomic mass is 16.2. The van der Waals surface area contributed by atoms with Crippen LogP contribution in [0.3, 0.4) is 0 Å². The van der Waals surface area contributed by atoms with Crippen LogP contribution >= 0.6 is 0 Å². The molecule has 1 aromatic heterocycles. The molecule has 0 aliphatic carbocycles. The number of hydrogen-bond donors (Lipinski definition) is 3. The van der Waals surface area contributed by atoms with Crippen LogP contribution in [0.4, 0.5) is 0 Å². The Kier molecular flexibility index (Phi) is 2.40. The molecular weight excluding hydrogens is 122 g/mol.